The molecule has 1 aromatic carbocycles. The second-order valence-electron chi connectivity index (χ2n) is 4.88. The normalized spacial score (nSPS) is 12.2. The maximum atomic E-state index is 5.49. The molecule has 0 aromatic heterocycles. The van der Waals surface area contributed by atoms with E-state index in [9.17, 15) is 0 Å². The van der Waals surface area contributed by atoms with Crippen LogP contribution in [0.5, 0.6) is 0 Å². The lowest BCUT2D eigenvalue weighted by molar-refractivity contribution is 0.141. The number of hydrogen-bond donors (Lipinski definition) is 0. The van der Waals surface area contributed by atoms with Crippen LogP contribution in [0.25, 0.3) is 10.4 Å². The van der Waals surface area contributed by atoms with Crippen LogP contribution in [0.1, 0.15) is 11.1 Å². The first-order valence-corrected chi connectivity index (χ1v) is 10.7. The zero-order valence-corrected chi connectivity index (χ0v) is 17.2. The van der Waals surface area contributed by atoms with Crippen LogP contribution >= 0.6 is 0 Å². The van der Waals surface area contributed by atoms with Gasteiger partial charge in [0, 0.05) is 53.1 Å². The minimum atomic E-state index is -3.00. The number of rotatable bonds is 10. The largest absolute Gasteiger partial charge is 0.536 e. The Hall–Kier alpha value is -1.11. The molecule has 0 unspecified atom stereocenters. The van der Waals surface area contributed by atoms with Gasteiger partial charge in [-0.25, -0.2) is 0 Å². The molecule has 0 aliphatic heterocycles. The molecule has 1 rings (SSSR count). The Bertz CT molecular complexity index is 518. The SMILES string of the molecule is C=C(c1cccc(C(=C)[Si](OC)(OC)OC)c1)[Si](OC)(OC)OC. The summed E-state index contributed by atoms with van der Waals surface area (Å²) in [4.78, 5) is 0. The maximum absolute atomic E-state index is 5.49. The van der Waals surface area contributed by atoms with Crippen molar-refractivity contribution in [1.29, 1.82) is 0 Å². The van der Waals surface area contributed by atoms with Crippen molar-refractivity contribution >= 4 is 28.0 Å². The Morgan fingerprint density at radius 1 is 0.667 bits per heavy atom. The molecule has 0 amide bonds. The first-order valence-electron chi connectivity index (χ1n) is 7.20. The molecule has 0 aliphatic rings. The predicted octanol–water partition coefficient (Wildman–Crippen LogP) is 2.55. The summed E-state index contributed by atoms with van der Waals surface area (Å²) in [7, 11) is 3.29. The maximum Gasteiger partial charge on any atom is 0.536 e. The van der Waals surface area contributed by atoms with Gasteiger partial charge >= 0.3 is 17.6 Å². The standard InChI is InChI=1S/C16H26O6Si2/c1-13(23(17-3,18-4)19-5)15-10-9-11-16(12-15)14(2)24(20-6,21-7)22-8/h9-12H,1-2H2,3-8H3. The topological polar surface area (TPSA) is 55.4 Å². The second-order valence-corrected chi connectivity index (χ2v) is 10.8. The quantitative estimate of drug-likeness (QED) is 0.590. The fourth-order valence-electron chi connectivity index (χ4n) is 2.49. The molecule has 0 spiro atoms. The summed E-state index contributed by atoms with van der Waals surface area (Å²) in [5.41, 5.74) is 1.66. The van der Waals surface area contributed by atoms with E-state index in [2.05, 4.69) is 13.2 Å². The third-order valence-corrected chi connectivity index (χ3v) is 9.19. The molecule has 8 heteroatoms. The highest BCUT2D eigenvalue weighted by molar-refractivity contribution is 6.81. The van der Waals surface area contributed by atoms with Gasteiger partial charge in [0.05, 0.1) is 0 Å². The minimum absolute atomic E-state index is 0.657. The Labute approximate surface area is 146 Å². The van der Waals surface area contributed by atoms with E-state index in [1.54, 1.807) is 42.7 Å². The molecule has 1 aromatic rings. The van der Waals surface area contributed by atoms with Crippen molar-refractivity contribution in [3.8, 4) is 0 Å². The van der Waals surface area contributed by atoms with Gasteiger partial charge in [-0.2, -0.15) is 0 Å². The Kier molecular flexibility index (Phi) is 7.71. The summed E-state index contributed by atoms with van der Waals surface area (Å²) in [6.07, 6.45) is 0. The van der Waals surface area contributed by atoms with Gasteiger partial charge in [0.2, 0.25) is 0 Å². The average Bonchev–Trinajstić information content (AvgIpc) is 2.65. The van der Waals surface area contributed by atoms with E-state index in [-0.39, 0.29) is 0 Å². The zero-order chi connectivity index (χ0) is 18.4. The lowest BCUT2D eigenvalue weighted by Gasteiger charge is -2.28. The summed E-state index contributed by atoms with van der Waals surface area (Å²) in [6.45, 7) is 8.22. The van der Waals surface area contributed by atoms with Crippen molar-refractivity contribution in [2.75, 3.05) is 42.7 Å². The van der Waals surface area contributed by atoms with Crippen molar-refractivity contribution in [2.45, 2.75) is 0 Å². The molecule has 0 radical (unpaired) electrons. The van der Waals surface area contributed by atoms with Crippen LogP contribution in [0, 0.1) is 0 Å². The van der Waals surface area contributed by atoms with Gasteiger partial charge in [-0.1, -0.05) is 31.4 Å². The van der Waals surface area contributed by atoms with E-state index < -0.39 is 17.6 Å². The molecule has 6 nitrogen and oxygen atoms in total. The molecule has 0 fully saturated rings. The first-order chi connectivity index (χ1) is 11.4. The number of hydrogen-bond acceptors (Lipinski definition) is 6. The van der Waals surface area contributed by atoms with Crippen LogP contribution in [0.2, 0.25) is 0 Å². The third kappa shape index (κ3) is 3.76. The second kappa shape index (κ2) is 8.83. The van der Waals surface area contributed by atoms with Gasteiger partial charge in [-0.15, -0.1) is 0 Å². The lowest BCUT2D eigenvalue weighted by Crippen LogP contribution is -2.45. The molecule has 0 atom stereocenters. The highest BCUT2D eigenvalue weighted by Crippen LogP contribution is 2.31. The highest BCUT2D eigenvalue weighted by atomic mass is 28.4. The molecular formula is C16H26O6Si2. The van der Waals surface area contributed by atoms with E-state index in [0.717, 1.165) is 11.1 Å². The molecule has 0 saturated carbocycles. The van der Waals surface area contributed by atoms with Gasteiger partial charge < -0.3 is 26.6 Å². The predicted molar refractivity (Wildman–Crippen MR) is 98.1 cm³/mol. The third-order valence-electron chi connectivity index (χ3n) is 3.91. The van der Waals surface area contributed by atoms with Crippen LogP contribution in [-0.4, -0.2) is 60.3 Å². The van der Waals surface area contributed by atoms with Crippen molar-refractivity contribution in [3.63, 3.8) is 0 Å². The minimum Gasteiger partial charge on any atom is -0.373 e. The molecule has 0 saturated heterocycles. The molecule has 134 valence electrons. The molecule has 0 aliphatic carbocycles. The number of benzene rings is 1. The van der Waals surface area contributed by atoms with Crippen molar-refractivity contribution in [2.24, 2.45) is 0 Å². The Balaban J connectivity index is 3.28. The summed E-state index contributed by atoms with van der Waals surface area (Å²) in [5, 5.41) is 1.31. The Morgan fingerprint density at radius 2 is 0.958 bits per heavy atom. The van der Waals surface area contributed by atoms with E-state index in [0.29, 0.717) is 10.4 Å². The van der Waals surface area contributed by atoms with Gasteiger partial charge in [-0.05, 0) is 17.2 Å². The fraction of sp³-hybridized carbons (Fsp3) is 0.375. The molecular weight excluding hydrogens is 344 g/mol. The van der Waals surface area contributed by atoms with Crippen LogP contribution in [0.4, 0.5) is 0 Å². The van der Waals surface area contributed by atoms with Gasteiger partial charge in [0.25, 0.3) is 0 Å². The summed E-state index contributed by atoms with van der Waals surface area (Å²) < 4.78 is 32.9. The summed E-state index contributed by atoms with van der Waals surface area (Å²) >= 11 is 0. The van der Waals surface area contributed by atoms with Crippen molar-refractivity contribution in [3.05, 3.63) is 48.6 Å². The monoisotopic (exact) mass is 370 g/mol. The molecule has 24 heavy (non-hydrogen) atoms. The van der Waals surface area contributed by atoms with Crippen LogP contribution in [0.15, 0.2) is 37.4 Å². The van der Waals surface area contributed by atoms with E-state index in [4.69, 9.17) is 26.6 Å². The Morgan fingerprint density at radius 3 is 1.21 bits per heavy atom. The van der Waals surface area contributed by atoms with Gasteiger partial charge in [0.15, 0.2) is 0 Å². The average molecular weight is 371 g/mol. The zero-order valence-electron chi connectivity index (χ0n) is 15.2. The highest BCUT2D eigenvalue weighted by Gasteiger charge is 2.44. The van der Waals surface area contributed by atoms with Crippen molar-refractivity contribution in [1.82, 2.24) is 0 Å². The van der Waals surface area contributed by atoms with Crippen LogP contribution in [0.3, 0.4) is 0 Å². The van der Waals surface area contributed by atoms with E-state index >= 15 is 0 Å². The summed E-state index contributed by atoms with van der Waals surface area (Å²) in [5.74, 6) is 0. The molecule has 0 heterocycles. The van der Waals surface area contributed by atoms with Gasteiger partial charge in [-0.3, -0.25) is 0 Å². The van der Waals surface area contributed by atoms with E-state index in [1.807, 2.05) is 24.3 Å². The lowest BCUT2D eigenvalue weighted by atomic mass is 10.1. The van der Waals surface area contributed by atoms with Crippen LogP contribution < -0.4 is 0 Å². The van der Waals surface area contributed by atoms with E-state index in [1.165, 1.54) is 0 Å². The fourth-order valence-corrected chi connectivity index (χ4v) is 5.98. The van der Waals surface area contributed by atoms with Gasteiger partial charge in [0.1, 0.15) is 0 Å². The molecule has 0 bridgehead atoms. The van der Waals surface area contributed by atoms with Crippen molar-refractivity contribution < 1.29 is 26.6 Å². The summed E-state index contributed by atoms with van der Waals surface area (Å²) in [6, 6.07) is 7.63. The molecule has 0 N–H and O–H groups in total. The smallest absolute Gasteiger partial charge is 0.373 e. The van der Waals surface area contributed by atoms with Crippen LogP contribution in [-0.2, 0) is 26.6 Å². The first kappa shape index (κ1) is 20.9.